The SMILES string of the molecule is C#Cc1c(NC)ccc2nc3c(CCCCCCCCCC(C)(C)C)cccc3cc12. The highest BCUT2D eigenvalue weighted by atomic mass is 14.8. The van der Waals surface area contributed by atoms with Crippen LogP contribution in [0.2, 0.25) is 0 Å². The smallest absolute Gasteiger partial charge is 0.0741 e. The summed E-state index contributed by atoms with van der Waals surface area (Å²) in [5.41, 5.74) is 5.80. The van der Waals surface area contributed by atoms with Gasteiger partial charge in [-0.15, -0.1) is 6.42 Å². The van der Waals surface area contributed by atoms with Crippen molar-refractivity contribution >= 4 is 27.5 Å². The van der Waals surface area contributed by atoms with Gasteiger partial charge in [-0.05, 0) is 48.4 Å². The molecule has 1 heterocycles. The summed E-state index contributed by atoms with van der Waals surface area (Å²) < 4.78 is 0. The molecule has 0 aliphatic rings. The number of fused-ring (bicyclic) bond motifs is 2. The monoisotopic (exact) mass is 414 g/mol. The number of unbranched alkanes of at least 4 members (excludes halogenated alkanes) is 6. The topological polar surface area (TPSA) is 24.9 Å². The summed E-state index contributed by atoms with van der Waals surface area (Å²) in [6, 6.07) is 12.8. The molecule has 0 spiro atoms. The van der Waals surface area contributed by atoms with Gasteiger partial charge in [0.05, 0.1) is 22.3 Å². The lowest BCUT2D eigenvalue weighted by atomic mass is 9.89. The van der Waals surface area contributed by atoms with Crippen molar-refractivity contribution in [3.8, 4) is 12.3 Å². The summed E-state index contributed by atoms with van der Waals surface area (Å²) in [5.74, 6) is 2.84. The Kier molecular flexibility index (Phi) is 7.97. The number of nitrogens with zero attached hydrogens (tertiary/aromatic N) is 1. The van der Waals surface area contributed by atoms with Crippen molar-refractivity contribution in [2.45, 2.75) is 78.6 Å². The fraction of sp³-hybridized carbons (Fsp3) is 0.483. The van der Waals surface area contributed by atoms with Gasteiger partial charge < -0.3 is 5.32 Å². The molecule has 0 aliphatic carbocycles. The molecule has 0 saturated heterocycles. The largest absolute Gasteiger partial charge is 0.387 e. The van der Waals surface area contributed by atoms with E-state index in [0.717, 1.165) is 34.1 Å². The quantitative estimate of drug-likeness (QED) is 0.206. The number of benzene rings is 2. The van der Waals surface area contributed by atoms with Crippen LogP contribution in [0.3, 0.4) is 0 Å². The molecule has 1 N–H and O–H groups in total. The van der Waals surface area contributed by atoms with Crippen LogP contribution in [0, 0.1) is 17.8 Å². The van der Waals surface area contributed by atoms with E-state index in [1.165, 1.54) is 62.3 Å². The number of terminal acetylenes is 1. The van der Waals surface area contributed by atoms with Crippen LogP contribution in [-0.4, -0.2) is 12.0 Å². The Morgan fingerprint density at radius 3 is 2.32 bits per heavy atom. The minimum Gasteiger partial charge on any atom is -0.387 e. The predicted octanol–water partition coefficient (Wildman–Crippen LogP) is 8.12. The molecule has 0 unspecified atom stereocenters. The number of anilines is 1. The molecular formula is C29H38N2. The van der Waals surface area contributed by atoms with Crippen LogP contribution in [0.25, 0.3) is 21.8 Å². The molecule has 0 fully saturated rings. The first-order valence-electron chi connectivity index (χ1n) is 11.9. The maximum Gasteiger partial charge on any atom is 0.0741 e. The summed E-state index contributed by atoms with van der Waals surface area (Å²) in [6.07, 6.45) is 17.6. The van der Waals surface area contributed by atoms with Gasteiger partial charge in [0, 0.05) is 17.8 Å². The van der Waals surface area contributed by atoms with Crippen LogP contribution in [0.5, 0.6) is 0 Å². The Bertz CT molecular complexity index is 1050. The lowest BCUT2D eigenvalue weighted by molar-refractivity contribution is 0.356. The predicted molar refractivity (Wildman–Crippen MR) is 137 cm³/mol. The first-order valence-corrected chi connectivity index (χ1v) is 11.9. The zero-order chi connectivity index (χ0) is 22.3. The summed E-state index contributed by atoms with van der Waals surface area (Å²) >= 11 is 0. The van der Waals surface area contributed by atoms with E-state index in [2.05, 4.69) is 62.3 Å². The minimum atomic E-state index is 0.482. The second kappa shape index (κ2) is 10.7. The van der Waals surface area contributed by atoms with Crippen LogP contribution >= 0.6 is 0 Å². The van der Waals surface area contributed by atoms with Crippen LogP contribution in [0.4, 0.5) is 5.69 Å². The average Bonchev–Trinajstić information content (AvgIpc) is 2.75. The molecule has 2 heteroatoms. The molecule has 164 valence electrons. The van der Waals surface area contributed by atoms with Gasteiger partial charge >= 0.3 is 0 Å². The van der Waals surface area contributed by atoms with Crippen molar-refractivity contribution in [1.29, 1.82) is 0 Å². The third-order valence-electron chi connectivity index (χ3n) is 6.19. The second-order valence-electron chi connectivity index (χ2n) is 9.96. The Morgan fingerprint density at radius 1 is 0.935 bits per heavy atom. The number of pyridine rings is 1. The van der Waals surface area contributed by atoms with Gasteiger partial charge in [0.25, 0.3) is 0 Å². The van der Waals surface area contributed by atoms with Crippen LogP contribution in [0.1, 0.15) is 83.3 Å². The van der Waals surface area contributed by atoms with Crippen molar-refractivity contribution in [1.82, 2.24) is 4.98 Å². The first-order chi connectivity index (χ1) is 14.9. The highest BCUT2D eigenvalue weighted by molar-refractivity contribution is 5.99. The molecule has 2 aromatic carbocycles. The highest BCUT2D eigenvalue weighted by Crippen LogP contribution is 2.29. The lowest BCUT2D eigenvalue weighted by Gasteiger charge is -2.17. The van der Waals surface area contributed by atoms with E-state index in [0.29, 0.717) is 5.41 Å². The maximum absolute atomic E-state index is 5.80. The molecule has 1 aromatic heterocycles. The Balaban J connectivity index is 1.58. The third-order valence-corrected chi connectivity index (χ3v) is 6.19. The van der Waals surface area contributed by atoms with E-state index in [-0.39, 0.29) is 0 Å². The lowest BCUT2D eigenvalue weighted by Crippen LogP contribution is -2.03. The Hall–Kier alpha value is -2.53. The van der Waals surface area contributed by atoms with Crippen LogP contribution in [0.15, 0.2) is 36.4 Å². The summed E-state index contributed by atoms with van der Waals surface area (Å²) in [7, 11) is 1.90. The maximum atomic E-state index is 5.80. The Labute approximate surface area is 188 Å². The normalized spacial score (nSPS) is 11.7. The third kappa shape index (κ3) is 6.23. The van der Waals surface area contributed by atoms with Gasteiger partial charge in [-0.25, -0.2) is 4.98 Å². The number of aryl methyl sites for hydroxylation is 1. The van der Waals surface area contributed by atoms with Gasteiger partial charge in [-0.1, -0.05) is 83.4 Å². The van der Waals surface area contributed by atoms with Gasteiger partial charge in [0.1, 0.15) is 0 Å². The molecule has 0 saturated carbocycles. The molecule has 0 aliphatic heterocycles. The summed E-state index contributed by atoms with van der Waals surface area (Å²) in [4.78, 5) is 5.01. The highest BCUT2D eigenvalue weighted by Gasteiger charge is 2.10. The van der Waals surface area contributed by atoms with Gasteiger partial charge in [0.15, 0.2) is 0 Å². The van der Waals surface area contributed by atoms with E-state index >= 15 is 0 Å². The van der Waals surface area contributed by atoms with Gasteiger partial charge in [-0.2, -0.15) is 0 Å². The van der Waals surface area contributed by atoms with Gasteiger partial charge in [0.2, 0.25) is 0 Å². The number of hydrogen-bond acceptors (Lipinski definition) is 2. The summed E-state index contributed by atoms with van der Waals surface area (Å²) in [5, 5.41) is 5.41. The number of rotatable bonds is 10. The second-order valence-corrected chi connectivity index (χ2v) is 9.96. The average molecular weight is 415 g/mol. The van der Waals surface area contributed by atoms with E-state index in [1.807, 2.05) is 13.1 Å². The van der Waals surface area contributed by atoms with Crippen molar-refractivity contribution in [2.24, 2.45) is 5.41 Å². The van der Waals surface area contributed by atoms with E-state index in [1.54, 1.807) is 0 Å². The molecule has 0 bridgehead atoms. The fourth-order valence-corrected chi connectivity index (χ4v) is 4.41. The Morgan fingerprint density at radius 2 is 1.65 bits per heavy atom. The van der Waals surface area contributed by atoms with Crippen LogP contribution < -0.4 is 5.32 Å². The number of hydrogen-bond donors (Lipinski definition) is 1. The molecule has 0 atom stereocenters. The van der Waals surface area contributed by atoms with Crippen molar-refractivity contribution in [3.63, 3.8) is 0 Å². The molecule has 3 aromatic rings. The number of aromatic nitrogens is 1. The molecular weight excluding hydrogens is 376 g/mol. The standard InChI is InChI=1S/C29H38N2/c1-6-24-25-21-23-17-14-16-22(28(23)31-27(25)19-18-26(24)30-5)15-12-10-8-7-9-11-13-20-29(2,3)4/h1,14,16-19,21,30H,7-13,15,20H2,2-5H3. The van der Waals surface area contributed by atoms with Crippen molar-refractivity contribution in [3.05, 3.63) is 47.5 Å². The van der Waals surface area contributed by atoms with Gasteiger partial charge in [-0.3, -0.25) is 0 Å². The fourth-order valence-electron chi connectivity index (χ4n) is 4.41. The zero-order valence-electron chi connectivity index (χ0n) is 19.9. The van der Waals surface area contributed by atoms with Crippen molar-refractivity contribution < 1.29 is 0 Å². The number of para-hydroxylation sites is 1. The van der Waals surface area contributed by atoms with Crippen LogP contribution in [-0.2, 0) is 6.42 Å². The summed E-state index contributed by atoms with van der Waals surface area (Å²) in [6.45, 7) is 7.02. The molecule has 0 radical (unpaired) electrons. The molecule has 2 nitrogen and oxygen atoms in total. The molecule has 0 amide bonds. The van der Waals surface area contributed by atoms with E-state index in [9.17, 15) is 0 Å². The van der Waals surface area contributed by atoms with Crippen molar-refractivity contribution in [2.75, 3.05) is 12.4 Å². The zero-order valence-corrected chi connectivity index (χ0v) is 19.9. The van der Waals surface area contributed by atoms with E-state index in [4.69, 9.17) is 11.4 Å². The molecule has 3 rings (SSSR count). The van der Waals surface area contributed by atoms with E-state index < -0.39 is 0 Å². The number of nitrogens with one attached hydrogen (secondary N) is 1. The first kappa shape index (κ1) is 23.1. The minimum absolute atomic E-state index is 0.482. The molecule has 31 heavy (non-hydrogen) atoms.